The number of nitrogens with one attached hydrogen (secondary N) is 1. The first-order valence-corrected chi connectivity index (χ1v) is 8.95. The predicted molar refractivity (Wildman–Crippen MR) is 92.0 cm³/mol. The molecule has 0 unspecified atom stereocenters. The Bertz CT molecular complexity index is 783. The van der Waals surface area contributed by atoms with Gasteiger partial charge in [-0.15, -0.1) is 22.0 Å². The molecule has 0 saturated carbocycles. The molecule has 0 aliphatic heterocycles. The highest BCUT2D eigenvalue weighted by Gasteiger charge is 2.14. The molecule has 3 rings (SSSR count). The smallest absolute Gasteiger partial charge is 0.293 e. The molecule has 0 atom stereocenters. The van der Waals surface area contributed by atoms with E-state index in [-0.39, 0.29) is 11.7 Å². The summed E-state index contributed by atoms with van der Waals surface area (Å²) in [5.74, 6) is 1.41. The minimum absolute atomic E-state index is 0.280. The predicted octanol–water partition coefficient (Wildman–Crippen LogP) is 4.24. The van der Waals surface area contributed by atoms with Crippen molar-refractivity contribution in [1.29, 1.82) is 0 Å². The van der Waals surface area contributed by atoms with Crippen molar-refractivity contribution in [2.24, 2.45) is 0 Å². The van der Waals surface area contributed by atoms with Crippen LogP contribution in [0.25, 0.3) is 0 Å². The molecule has 0 saturated heterocycles. The zero-order valence-corrected chi connectivity index (χ0v) is 14.1. The summed E-state index contributed by atoms with van der Waals surface area (Å²) < 4.78 is 5.60. The van der Waals surface area contributed by atoms with Crippen molar-refractivity contribution in [2.75, 3.05) is 5.32 Å². The summed E-state index contributed by atoms with van der Waals surface area (Å²) in [4.78, 5) is 13.3. The summed E-state index contributed by atoms with van der Waals surface area (Å²) in [6.07, 6.45) is 0.801. The Morgan fingerprint density at radius 3 is 2.78 bits per heavy atom. The van der Waals surface area contributed by atoms with Crippen molar-refractivity contribution < 1.29 is 9.21 Å². The van der Waals surface area contributed by atoms with Crippen LogP contribution in [0, 0.1) is 0 Å². The van der Waals surface area contributed by atoms with Gasteiger partial charge in [-0.3, -0.25) is 10.1 Å². The molecule has 5 nitrogen and oxygen atoms in total. The first-order chi connectivity index (χ1) is 11.2. The standard InChI is InChI=1S/C16H15N3O2S2/c1-2-14-18-19-16(23-14)17-15(20)13-9-8-11(21-13)10-22-12-6-4-3-5-7-12/h3-9H,2,10H2,1H3,(H,17,19,20). The van der Waals surface area contributed by atoms with Gasteiger partial charge in [-0.25, -0.2) is 0 Å². The van der Waals surface area contributed by atoms with Gasteiger partial charge < -0.3 is 4.42 Å². The number of rotatable bonds is 6. The first-order valence-electron chi connectivity index (χ1n) is 7.15. The molecule has 2 heterocycles. The maximum atomic E-state index is 12.1. The van der Waals surface area contributed by atoms with E-state index in [0.29, 0.717) is 10.9 Å². The average molecular weight is 345 g/mol. The van der Waals surface area contributed by atoms with Crippen LogP contribution in [0.15, 0.2) is 51.8 Å². The molecule has 0 fully saturated rings. The number of benzene rings is 1. The molecule has 2 aromatic heterocycles. The van der Waals surface area contributed by atoms with Gasteiger partial charge in [0.1, 0.15) is 10.8 Å². The number of carbonyl (C=O) groups excluding carboxylic acids is 1. The lowest BCUT2D eigenvalue weighted by Crippen LogP contribution is -2.10. The number of carbonyl (C=O) groups is 1. The van der Waals surface area contributed by atoms with E-state index >= 15 is 0 Å². The fraction of sp³-hybridized carbons (Fsp3) is 0.188. The Balaban J connectivity index is 1.58. The van der Waals surface area contributed by atoms with Gasteiger partial charge >= 0.3 is 0 Å². The first kappa shape index (κ1) is 15.8. The van der Waals surface area contributed by atoms with Crippen LogP contribution >= 0.6 is 23.1 Å². The summed E-state index contributed by atoms with van der Waals surface area (Å²) in [5, 5.41) is 12.0. The third-order valence-corrected chi connectivity index (χ3v) is 5.02. The SMILES string of the molecule is CCc1nnc(NC(=O)c2ccc(CSc3ccccc3)o2)s1. The third kappa shape index (κ3) is 4.20. The number of thioether (sulfide) groups is 1. The Kier molecular flexibility index (Phi) is 5.09. The molecule has 118 valence electrons. The zero-order chi connectivity index (χ0) is 16.1. The van der Waals surface area contributed by atoms with E-state index < -0.39 is 0 Å². The Morgan fingerprint density at radius 1 is 1.22 bits per heavy atom. The second kappa shape index (κ2) is 7.43. The Hall–Kier alpha value is -2.12. The van der Waals surface area contributed by atoms with E-state index in [1.54, 1.807) is 17.8 Å². The lowest BCUT2D eigenvalue weighted by molar-refractivity contribution is 0.0995. The third-order valence-electron chi connectivity index (χ3n) is 3.00. The highest BCUT2D eigenvalue weighted by Crippen LogP contribution is 2.24. The largest absolute Gasteiger partial charge is 0.455 e. The number of aryl methyl sites for hydroxylation is 1. The molecule has 0 aliphatic carbocycles. The maximum Gasteiger partial charge on any atom is 0.293 e. The Morgan fingerprint density at radius 2 is 2.04 bits per heavy atom. The van der Waals surface area contributed by atoms with Gasteiger partial charge in [0.25, 0.3) is 5.91 Å². The monoisotopic (exact) mass is 345 g/mol. The number of furan rings is 1. The summed E-state index contributed by atoms with van der Waals surface area (Å²) >= 11 is 3.03. The molecule has 0 aliphatic rings. The molecule has 23 heavy (non-hydrogen) atoms. The van der Waals surface area contributed by atoms with Crippen LogP contribution in [0.3, 0.4) is 0 Å². The summed E-state index contributed by atoms with van der Waals surface area (Å²) in [5.41, 5.74) is 0. The minimum Gasteiger partial charge on any atom is -0.455 e. The normalized spacial score (nSPS) is 10.7. The van der Waals surface area contributed by atoms with Crippen molar-refractivity contribution in [3.05, 3.63) is 59.0 Å². The van der Waals surface area contributed by atoms with Gasteiger partial charge in [0.15, 0.2) is 5.76 Å². The number of hydrogen-bond donors (Lipinski definition) is 1. The van der Waals surface area contributed by atoms with Gasteiger partial charge in [-0.1, -0.05) is 36.5 Å². The molecule has 0 spiro atoms. The lowest BCUT2D eigenvalue weighted by atomic mass is 10.4. The molecule has 1 amide bonds. The van der Waals surface area contributed by atoms with Gasteiger partial charge in [0.05, 0.1) is 5.75 Å². The van der Waals surface area contributed by atoms with Crippen molar-refractivity contribution in [3.63, 3.8) is 0 Å². The van der Waals surface area contributed by atoms with Gasteiger partial charge in [0.2, 0.25) is 5.13 Å². The highest BCUT2D eigenvalue weighted by molar-refractivity contribution is 7.98. The van der Waals surface area contributed by atoms with E-state index in [9.17, 15) is 4.79 Å². The summed E-state index contributed by atoms with van der Waals surface area (Å²) in [7, 11) is 0. The second-order valence-corrected chi connectivity index (χ2v) is 6.79. The van der Waals surface area contributed by atoms with E-state index in [1.165, 1.54) is 11.3 Å². The molecule has 1 N–H and O–H groups in total. The van der Waals surface area contributed by atoms with E-state index in [2.05, 4.69) is 15.5 Å². The molecular formula is C16H15N3O2S2. The molecule has 1 aromatic carbocycles. The molecule has 0 radical (unpaired) electrons. The van der Waals surface area contributed by atoms with Crippen molar-refractivity contribution >= 4 is 34.1 Å². The van der Waals surface area contributed by atoms with Crippen LogP contribution in [-0.2, 0) is 12.2 Å². The minimum atomic E-state index is -0.306. The van der Waals surface area contributed by atoms with E-state index in [0.717, 1.165) is 22.1 Å². The maximum absolute atomic E-state index is 12.1. The van der Waals surface area contributed by atoms with E-state index in [4.69, 9.17) is 4.42 Å². The van der Waals surface area contributed by atoms with Crippen LogP contribution < -0.4 is 5.32 Å². The van der Waals surface area contributed by atoms with Gasteiger partial charge in [0, 0.05) is 4.90 Å². The molecule has 7 heteroatoms. The second-order valence-electron chi connectivity index (χ2n) is 4.68. The Labute approximate surface area is 142 Å². The number of aromatic nitrogens is 2. The number of nitrogens with zero attached hydrogens (tertiary/aromatic N) is 2. The van der Waals surface area contributed by atoms with Crippen LogP contribution in [0.5, 0.6) is 0 Å². The molecule has 0 bridgehead atoms. The average Bonchev–Trinajstić information content (AvgIpc) is 3.23. The topological polar surface area (TPSA) is 68.0 Å². The highest BCUT2D eigenvalue weighted by atomic mass is 32.2. The fourth-order valence-electron chi connectivity index (χ4n) is 1.85. The molecular weight excluding hydrogens is 330 g/mol. The van der Waals surface area contributed by atoms with Crippen LogP contribution in [0.2, 0.25) is 0 Å². The lowest BCUT2D eigenvalue weighted by Gasteiger charge is -1.99. The summed E-state index contributed by atoms with van der Waals surface area (Å²) in [6.45, 7) is 2.00. The number of hydrogen-bond acceptors (Lipinski definition) is 6. The quantitative estimate of drug-likeness (QED) is 0.677. The van der Waals surface area contributed by atoms with Crippen LogP contribution in [0.1, 0.15) is 28.2 Å². The van der Waals surface area contributed by atoms with Gasteiger partial charge in [-0.05, 0) is 30.7 Å². The van der Waals surface area contributed by atoms with Crippen LogP contribution in [0.4, 0.5) is 5.13 Å². The number of anilines is 1. The van der Waals surface area contributed by atoms with Crippen molar-refractivity contribution in [2.45, 2.75) is 24.0 Å². The summed E-state index contributed by atoms with van der Waals surface area (Å²) in [6, 6.07) is 13.6. The van der Waals surface area contributed by atoms with Crippen LogP contribution in [-0.4, -0.2) is 16.1 Å². The van der Waals surface area contributed by atoms with Crippen molar-refractivity contribution in [1.82, 2.24) is 10.2 Å². The fourth-order valence-corrected chi connectivity index (χ4v) is 3.34. The van der Waals surface area contributed by atoms with Gasteiger partial charge in [-0.2, -0.15) is 0 Å². The zero-order valence-electron chi connectivity index (χ0n) is 12.5. The van der Waals surface area contributed by atoms with Crippen molar-refractivity contribution in [3.8, 4) is 0 Å². The van der Waals surface area contributed by atoms with E-state index in [1.807, 2.05) is 43.3 Å². The molecule has 3 aromatic rings. The number of amides is 1.